The van der Waals surface area contributed by atoms with E-state index >= 15 is 0 Å². The van der Waals surface area contributed by atoms with Crippen molar-refractivity contribution in [1.82, 2.24) is 14.7 Å². The highest BCUT2D eigenvalue weighted by Gasteiger charge is 2.21. The van der Waals surface area contributed by atoms with E-state index in [9.17, 15) is 0 Å². The van der Waals surface area contributed by atoms with Gasteiger partial charge in [0, 0.05) is 31.4 Å². The zero-order valence-electron chi connectivity index (χ0n) is 11.5. The van der Waals surface area contributed by atoms with Gasteiger partial charge in [0.1, 0.15) is 0 Å². The SMILES string of the molecule is Cn1cc(CN(CCCN)C2CCCCC2)cn1. The summed E-state index contributed by atoms with van der Waals surface area (Å²) in [5.74, 6) is 0. The van der Waals surface area contributed by atoms with E-state index in [1.807, 2.05) is 17.9 Å². The Bertz CT molecular complexity index is 341. The molecule has 1 aromatic rings. The van der Waals surface area contributed by atoms with Gasteiger partial charge >= 0.3 is 0 Å². The second-order valence-corrected chi connectivity index (χ2v) is 5.43. The summed E-state index contributed by atoms with van der Waals surface area (Å²) in [6.07, 6.45) is 12.1. The molecule has 102 valence electrons. The van der Waals surface area contributed by atoms with Gasteiger partial charge in [-0.05, 0) is 32.4 Å². The third-order valence-electron chi connectivity index (χ3n) is 3.88. The summed E-state index contributed by atoms with van der Waals surface area (Å²) in [6.45, 7) is 2.94. The average Bonchev–Trinajstić information content (AvgIpc) is 2.81. The monoisotopic (exact) mass is 250 g/mol. The molecule has 0 radical (unpaired) electrons. The lowest BCUT2D eigenvalue weighted by atomic mass is 9.94. The summed E-state index contributed by atoms with van der Waals surface area (Å²) in [4.78, 5) is 2.61. The molecule has 0 spiro atoms. The van der Waals surface area contributed by atoms with Crippen molar-refractivity contribution in [2.75, 3.05) is 13.1 Å². The molecule has 1 aliphatic carbocycles. The smallest absolute Gasteiger partial charge is 0.0534 e. The Hall–Kier alpha value is -0.870. The Morgan fingerprint density at radius 1 is 1.39 bits per heavy atom. The van der Waals surface area contributed by atoms with Crippen LogP contribution >= 0.6 is 0 Å². The molecule has 2 rings (SSSR count). The maximum atomic E-state index is 5.66. The molecule has 2 N–H and O–H groups in total. The quantitative estimate of drug-likeness (QED) is 0.839. The van der Waals surface area contributed by atoms with E-state index in [1.54, 1.807) is 0 Å². The summed E-state index contributed by atoms with van der Waals surface area (Å²) in [6, 6.07) is 0.755. The van der Waals surface area contributed by atoms with Gasteiger partial charge < -0.3 is 5.73 Å². The lowest BCUT2D eigenvalue weighted by molar-refractivity contribution is 0.147. The Balaban J connectivity index is 1.94. The molecule has 0 amide bonds. The maximum Gasteiger partial charge on any atom is 0.0534 e. The lowest BCUT2D eigenvalue weighted by Gasteiger charge is -2.34. The molecule has 1 fully saturated rings. The van der Waals surface area contributed by atoms with Crippen molar-refractivity contribution in [1.29, 1.82) is 0 Å². The van der Waals surface area contributed by atoms with Gasteiger partial charge in [0.15, 0.2) is 0 Å². The Morgan fingerprint density at radius 3 is 2.78 bits per heavy atom. The molecular formula is C14H26N4. The minimum atomic E-state index is 0.755. The van der Waals surface area contributed by atoms with Crippen LogP contribution in [0.25, 0.3) is 0 Å². The van der Waals surface area contributed by atoms with E-state index in [-0.39, 0.29) is 0 Å². The fourth-order valence-electron chi connectivity index (χ4n) is 2.92. The third kappa shape index (κ3) is 3.82. The first-order valence-electron chi connectivity index (χ1n) is 7.21. The Labute approximate surface area is 110 Å². The van der Waals surface area contributed by atoms with Gasteiger partial charge in [-0.1, -0.05) is 19.3 Å². The van der Waals surface area contributed by atoms with Crippen molar-refractivity contribution >= 4 is 0 Å². The van der Waals surface area contributed by atoms with E-state index in [2.05, 4.69) is 16.2 Å². The van der Waals surface area contributed by atoms with Crippen LogP contribution in [-0.4, -0.2) is 33.8 Å². The minimum absolute atomic E-state index is 0.755. The van der Waals surface area contributed by atoms with Crippen molar-refractivity contribution in [3.8, 4) is 0 Å². The van der Waals surface area contributed by atoms with E-state index in [0.29, 0.717) is 0 Å². The normalized spacial score (nSPS) is 17.5. The standard InChI is InChI=1S/C14H26N4/c1-17-11-13(10-16-17)12-18(9-5-8-15)14-6-3-2-4-7-14/h10-11,14H,2-9,12,15H2,1H3. The zero-order chi connectivity index (χ0) is 12.8. The molecule has 1 saturated carbocycles. The molecule has 18 heavy (non-hydrogen) atoms. The van der Waals surface area contributed by atoms with Crippen LogP contribution in [0, 0.1) is 0 Å². The van der Waals surface area contributed by atoms with Crippen molar-refractivity contribution in [3.63, 3.8) is 0 Å². The highest BCUT2D eigenvalue weighted by Crippen LogP contribution is 2.24. The molecule has 1 aliphatic rings. The zero-order valence-corrected chi connectivity index (χ0v) is 11.5. The van der Waals surface area contributed by atoms with Crippen molar-refractivity contribution in [2.45, 2.75) is 51.1 Å². The summed E-state index contributed by atoms with van der Waals surface area (Å²) in [5, 5.41) is 4.26. The first kappa shape index (κ1) is 13.6. The first-order chi connectivity index (χ1) is 8.79. The molecule has 0 unspecified atom stereocenters. The van der Waals surface area contributed by atoms with E-state index < -0.39 is 0 Å². The molecule has 0 saturated heterocycles. The van der Waals surface area contributed by atoms with Crippen LogP contribution in [0.1, 0.15) is 44.1 Å². The van der Waals surface area contributed by atoms with Crippen molar-refractivity contribution < 1.29 is 0 Å². The Morgan fingerprint density at radius 2 is 2.17 bits per heavy atom. The maximum absolute atomic E-state index is 5.66. The fourth-order valence-corrected chi connectivity index (χ4v) is 2.92. The molecule has 1 aromatic heterocycles. The summed E-state index contributed by atoms with van der Waals surface area (Å²) < 4.78 is 1.89. The molecule has 0 aromatic carbocycles. The van der Waals surface area contributed by atoms with E-state index in [4.69, 9.17) is 5.73 Å². The predicted octanol–water partition coefficient (Wildman–Crippen LogP) is 1.90. The van der Waals surface area contributed by atoms with Crippen LogP contribution in [0.3, 0.4) is 0 Å². The Kier molecular flexibility index (Phi) is 5.20. The van der Waals surface area contributed by atoms with Crippen LogP contribution in [0.4, 0.5) is 0 Å². The molecule has 0 bridgehead atoms. The average molecular weight is 250 g/mol. The van der Waals surface area contributed by atoms with Gasteiger partial charge in [-0.15, -0.1) is 0 Å². The van der Waals surface area contributed by atoms with Crippen LogP contribution in [-0.2, 0) is 13.6 Å². The fraction of sp³-hybridized carbons (Fsp3) is 0.786. The molecule has 1 heterocycles. The number of hydrogen-bond donors (Lipinski definition) is 1. The molecule has 0 aliphatic heterocycles. The highest BCUT2D eigenvalue weighted by molar-refractivity contribution is 5.03. The number of hydrogen-bond acceptors (Lipinski definition) is 3. The van der Waals surface area contributed by atoms with Gasteiger partial charge in [-0.2, -0.15) is 5.10 Å². The second kappa shape index (κ2) is 6.90. The van der Waals surface area contributed by atoms with Crippen LogP contribution < -0.4 is 5.73 Å². The summed E-state index contributed by atoms with van der Waals surface area (Å²) in [5.41, 5.74) is 6.98. The van der Waals surface area contributed by atoms with Crippen LogP contribution in [0.5, 0.6) is 0 Å². The van der Waals surface area contributed by atoms with Gasteiger partial charge in [-0.3, -0.25) is 9.58 Å². The van der Waals surface area contributed by atoms with Crippen molar-refractivity contribution in [3.05, 3.63) is 18.0 Å². The largest absolute Gasteiger partial charge is 0.330 e. The molecule has 0 atom stereocenters. The number of rotatable bonds is 6. The first-order valence-corrected chi connectivity index (χ1v) is 7.21. The van der Waals surface area contributed by atoms with Gasteiger partial charge in [-0.25, -0.2) is 0 Å². The number of nitrogens with two attached hydrogens (primary N) is 1. The van der Waals surface area contributed by atoms with Crippen LogP contribution in [0.15, 0.2) is 12.4 Å². The lowest BCUT2D eigenvalue weighted by Crippen LogP contribution is -2.37. The van der Waals surface area contributed by atoms with Gasteiger partial charge in [0.2, 0.25) is 0 Å². The summed E-state index contributed by atoms with van der Waals surface area (Å²) in [7, 11) is 1.98. The third-order valence-corrected chi connectivity index (χ3v) is 3.88. The number of aryl methyl sites for hydroxylation is 1. The van der Waals surface area contributed by atoms with Crippen LogP contribution in [0.2, 0.25) is 0 Å². The van der Waals surface area contributed by atoms with E-state index in [0.717, 1.165) is 32.1 Å². The topological polar surface area (TPSA) is 47.1 Å². The number of nitrogens with zero attached hydrogens (tertiary/aromatic N) is 3. The summed E-state index contributed by atoms with van der Waals surface area (Å²) >= 11 is 0. The minimum Gasteiger partial charge on any atom is -0.330 e. The van der Waals surface area contributed by atoms with Crippen molar-refractivity contribution in [2.24, 2.45) is 12.8 Å². The van der Waals surface area contributed by atoms with Gasteiger partial charge in [0.25, 0.3) is 0 Å². The van der Waals surface area contributed by atoms with Gasteiger partial charge in [0.05, 0.1) is 6.20 Å². The highest BCUT2D eigenvalue weighted by atomic mass is 15.2. The molecule has 4 nitrogen and oxygen atoms in total. The van der Waals surface area contributed by atoms with E-state index in [1.165, 1.54) is 37.7 Å². The molecular weight excluding hydrogens is 224 g/mol. The molecule has 4 heteroatoms. The second-order valence-electron chi connectivity index (χ2n) is 5.43. The number of aromatic nitrogens is 2. The predicted molar refractivity (Wildman–Crippen MR) is 74.2 cm³/mol.